The molecule has 0 aliphatic rings. The Morgan fingerprint density at radius 1 is 1.46 bits per heavy atom. The van der Waals surface area contributed by atoms with Gasteiger partial charge >= 0.3 is 0 Å². The van der Waals surface area contributed by atoms with Gasteiger partial charge in [-0.2, -0.15) is 0 Å². The number of ether oxygens (including phenoxy) is 1. The van der Waals surface area contributed by atoms with Crippen LogP contribution in [0, 0.1) is 0 Å². The van der Waals surface area contributed by atoms with Gasteiger partial charge < -0.3 is 21.5 Å². The first kappa shape index (κ1) is 9.53. The predicted molar refractivity (Wildman–Crippen MR) is 51.2 cm³/mol. The minimum atomic E-state index is 0.287. The standard InChI is InChI=1S/C7H13N5O/c1-13-3-2-10-7-5(8)6(9)11-4-12-7/h4H,2-3,8H2,1H3,(H3,9,10,11,12). The SMILES string of the molecule is COCCNc1ncnc(N)c1N. The molecule has 1 aromatic rings. The summed E-state index contributed by atoms with van der Waals surface area (Å²) in [5, 5.41) is 2.97. The summed E-state index contributed by atoms with van der Waals surface area (Å²) in [7, 11) is 1.62. The highest BCUT2D eigenvalue weighted by atomic mass is 16.5. The summed E-state index contributed by atoms with van der Waals surface area (Å²) in [6.45, 7) is 1.22. The highest BCUT2D eigenvalue weighted by Crippen LogP contribution is 2.18. The zero-order chi connectivity index (χ0) is 9.68. The molecule has 13 heavy (non-hydrogen) atoms. The summed E-state index contributed by atoms with van der Waals surface area (Å²) in [4.78, 5) is 7.67. The van der Waals surface area contributed by atoms with Gasteiger partial charge in [0.1, 0.15) is 12.0 Å². The van der Waals surface area contributed by atoms with Gasteiger partial charge in [0.2, 0.25) is 0 Å². The van der Waals surface area contributed by atoms with Crippen LogP contribution in [0.25, 0.3) is 0 Å². The van der Waals surface area contributed by atoms with Crippen LogP contribution in [-0.4, -0.2) is 30.2 Å². The quantitative estimate of drug-likeness (QED) is 0.554. The van der Waals surface area contributed by atoms with Crippen LogP contribution in [0.2, 0.25) is 0 Å². The lowest BCUT2D eigenvalue weighted by Gasteiger charge is -2.07. The smallest absolute Gasteiger partial charge is 0.154 e. The molecule has 0 unspecified atom stereocenters. The average Bonchev–Trinajstić information content (AvgIpc) is 2.13. The van der Waals surface area contributed by atoms with E-state index in [2.05, 4.69) is 15.3 Å². The Morgan fingerprint density at radius 2 is 2.23 bits per heavy atom. The van der Waals surface area contributed by atoms with Gasteiger partial charge in [-0.3, -0.25) is 0 Å². The minimum Gasteiger partial charge on any atom is -0.393 e. The molecule has 0 fully saturated rings. The van der Waals surface area contributed by atoms with Crippen LogP contribution < -0.4 is 16.8 Å². The highest BCUT2D eigenvalue weighted by molar-refractivity contribution is 5.71. The van der Waals surface area contributed by atoms with Crippen LogP contribution in [0.4, 0.5) is 17.3 Å². The molecule has 0 amide bonds. The number of methoxy groups -OCH3 is 1. The molecule has 1 heterocycles. The molecule has 0 saturated carbocycles. The summed E-state index contributed by atoms with van der Waals surface area (Å²) >= 11 is 0. The van der Waals surface area contributed by atoms with Gasteiger partial charge in [0.15, 0.2) is 11.6 Å². The van der Waals surface area contributed by atoms with Crippen molar-refractivity contribution >= 4 is 17.3 Å². The molecule has 72 valence electrons. The van der Waals surface area contributed by atoms with Crippen LogP contribution in [0.15, 0.2) is 6.33 Å². The van der Waals surface area contributed by atoms with E-state index in [0.29, 0.717) is 24.7 Å². The summed E-state index contributed by atoms with van der Waals surface area (Å²) < 4.78 is 4.86. The Morgan fingerprint density at radius 3 is 2.92 bits per heavy atom. The van der Waals surface area contributed by atoms with Gasteiger partial charge in [-0.1, -0.05) is 0 Å². The Hall–Kier alpha value is -1.56. The first-order chi connectivity index (χ1) is 6.25. The number of nitrogens with zero attached hydrogens (tertiary/aromatic N) is 2. The molecule has 0 saturated heterocycles. The van der Waals surface area contributed by atoms with Crippen LogP contribution in [0.1, 0.15) is 0 Å². The molecule has 0 bridgehead atoms. The average molecular weight is 183 g/mol. The van der Waals surface area contributed by atoms with Crippen molar-refractivity contribution in [2.75, 3.05) is 37.0 Å². The second-order valence-electron chi connectivity index (χ2n) is 2.44. The topological polar surface area (TPSA) is 99.1 Å². The minimum absolute atomic E-state index is 0.287. The van der Waals surface area contributed by atoms with Gasteiger partial charge in [-0.15, -0.1) is 0 Å². The lowest BCUT2D eigenvalue weighted by molar-refractivity contribution is 0.210. The highest BCUT2D eigenvalue weighted by Gasteiger charge is 2.02. The lowest BCUT2D eigenvalue weighted by Crippen LogP contribution is -2.12. The Bertz CT molecular complexity index is 278. The number of aromatic nitrogens is 2. The zero-order valence-electron chi connectivity index (χ0n) is 7.45. The van der Waals surface area contributed by atoms with E-state index in [1.54, 1.807) is 7.11 Å². The fourth-order valence-corrected chi connectivity index (χ4v) is 0.822. The molecule has 0 aliphatic heterocycles. The molecular weight excluding hydrogens is 170 g/mol. The number of nitrogens with one attached hydrogen (secondary N) is 1. The Labute approximate surface area is 76.3 Å². The maximum Gasteiger partial charge on any atom is 0.154 e. The molecule has 0 spiro atoms. The first-order valence-electron chi connectivity index (χ1n) is 3.84. The van der Waals surface area contributed by atoms with E-state index < -0.39 is 0 Å². The fraction of sp³-hybridized carbons (Fsp3) is 0.429. The van der Waals surface area contributed by atoms with Crippen molar-refractivity contribution < 1.29 is 4.74 Å². The summed E-state index contributed by atoms with van der Waals surface area (Å²) in [6, 6.07) is 0. The monoisotopic (exact) mass is 183 g/mol. The van der Waals surface area contributed by atoms with Crippen molar-refractivity contribution in [1.29, 1.82) is 0 Å². The van der Waals surface area contributed by atoms with E-state index in [-0.39, 0.29) is 5.82 Å². The van der Waals surface area contributed by atoms with Crippen molar-refractivity contribution in [3.63, 3.8) is 0 Å². The number of rotatable bonds is 4. The third-order valence-corrected chi connectivity index (χ3v) is 1.51. The van der Waals surface area contributed by atoms with Crippen LogP contribution in [-0.2, 0) is 4.74 Å². The predicted octanol–water partition coefficient (Wildman–Crippen LogP) is -0.301. The number of nitrogen functional groups attached to an aromatic ring is 2. The van der Waals surface area contributed by atoms with Crippen molar-refractivity contribution in [1.82, 2.24) is 9.97 Å². The van der Waals surface area contributed by atoms with Gasteiger partial charge in [0.05, 0.1) is 6.61 Å². The molecule has 0 aliphatic carbocycles. The van der Waals surface area contributed by atoms with Crippen molar-refractivity contribution in [3.05, 3.63) is 6.33 Å². The van der Waals surface area contributed by atoms with Crippen LogP contribution >= 0.6 is 0 Å². The summed E-state index contributed by atoms with van der Waals surface area (Å²) in [5.74, 6) is 0.833. The molecule has 5 N–H and O–H groups in total. The van der Waals surface area contributed by atoms with Crippen molar-refractivity contribution in [3.8, 4) is 0 Å². The normalized spacial score (nSPS) is 9.92. The third kappa shape index (κ3) is 2.45. The molecule has 0 aromatic carbocycles. The molecule has 0 radical (unpaired) electrons. The van der Waals surface area contributed by atoms with Gasteiger partial charge in [-0.25, -0.2) is 9.97 Å². The summed E-state index contributed by atoms with van der Waals surface area (Å²) in [5.41, 5.74) is 11.5. The van der Waals surface area contributed by atoms with E-state index >= 15 is 0 Å². The molecule has 0 atom stereocenters. The van der Waals surface area contributed by atoms with Crippen molar-refractivity contribution in [2.24, 2.45) is 0 Å². The molecule has 1 rings (SSSR count). The Balaban J connectivity index is 2.61. The van der Waals surface area contributed by atoms with Crippen molar-refractivity contribution in [2.45, 2.75) is 0 Å². The largest absolute Gasteiger partial charge is 0.393 e. The lowest BCUT2D eigenvalue weighted by atomic mass is 10.4. The fourth-order valence-electron chi connectivity index (χ4n) is 0.822. The number of anilines is 3. The van der Waals surface area contributed by atoms with E-state index in [1.165, 1.54) is 6.33 Å². The third-order valence-electron chi connectivity index (χ3n) is 1.51. The van der Waals surface area contributed by atoms with E-state index in [0.717, 1.165) is 0 Å². The first-order valence-corrected chi connectivity index (χ1v) is 3.84. The summed E-state index contributed by atoms with van der Waals surface area (Å²) in [6.07, 6.45) is 1.36. The number of hydrogen-bond acceptors (Lipinski definition) is 6. The molecular formula is C7H13N5O. The molecule has 6 heteroatoms. The van der Waals surface area contributed by atoms with Gasteiger partial charge in [0, 0.05) is 13.7 Å². The van der Waals surface area contributed by atoms with Crippen LogP contribution in [0.3, 0.4) is 0 Å². The number of hydrogen-bond donors (Lipinski definition) is 3. The van der Waals surface area contributed by atoms with E-state index in [4.69, 9.17) is 16.2 Å². The Kier molecular flexibility index (Phi) is 3.27. The zero-order valence-corrected chi connectivity index (χ0v) is 7.45. The van der Waals surface area contributed by atoms with Crippen LogP contribution in [0.5, 0.6) is 0 Å². The second-order valence-corrected chi connectivity index (χ2v) is 2.44. The second kappa shape index (κ2) is 4.46. The van der Waals surface area contributed by atoms with Gasteiger partial charge in [-0.05, 0) is 0 Å². The number of nitrogens with two attached hydrogens (primary N) is 2. The van der Waals surface area contributed by atoms with E-state index in [9.17, 15) is 0 Å². The maximum atomic E-state index is 5.61. The molecule has 1 aromatic heterocycles. The molecule has 6 nitrogen and oxygen atoms in total. The maximum absolute atomic E-state index is 5.61. The van der Waals surface area contributed by atoms with Gasteiger partial charge in [0.25, 0.3) is 0 Å². The van der Waals surface area contributed by atoms with E-state index in [1.807, 2.05) is 0 Å².